The molecule has 2 aliphatic rings. The minimum Gasteiger partial charge on any atom is -0.497 e. The van der Waals surface area contributed by atoms with Crippen molar-refractivity contribution in [1.82, 2.24) is 10.2 Å². The molecule has 0 bridgehead atoms. The van der Waals surface area contributed by atoms with E-state index in [1.165, 1.54) is 0 Å². The number of amides is 2. The third-order valence-corrected chi connectivity index (χ3v) is 6.15. The summed E-state index contributed by atoms with van der Waals surface area (Å²) in [6, 6.07) is 5.57. The number of hydrogen-bond acceptors (Lipinski definition) is 5. The first-order valence-corrected chi connectivity index (χ1v) is 10.9. The first-order valence-electron chi connectivity index (χ1n) is 10.9. The van der Waals surface area contributed by atoms with Crippen LogP contribution < -0.4 is 14.8 Å². The number of rotatable bonds is 8. The minimum absolute atomic E-state index is 0.0285. The van der Waals surface area contributed by atoms with Crippen molar-refractivity contribution in [3.63, 3.8) is 0 Å². The molecule has 1 N–H and O–H groups in total. The summed E-state index contributed by atoms with van der Waals surface area (Å²) in [4.78, 5) is 27.2. The number of hydrogen-bond donors (Lipinski definition) is 1. The van der Waals surface area contributed by atoms with E-state index >= 15 is 0 Å². The zero-order valence-corrected chi connectivity index (χ0v) is 18.2. The predicted molar refractivity (Wildman–Crippen MR) is 113 cm³/mol. The second kappa shape index (κ2) is 11.2. The number of likely N-dealkylation sites (tertiary alicyclic amines) is 1. The summed E-state index contributed by atoms with van der Waals surface area (Å²) in [5.74, 6) is 2.23. The highest BCUT2D eigenvalue weighted by Crippen LogP contribution is 2.26. The summed E-state index contributed by atoms with van der Waals surface area (Å²) in [6.45, 7) is 3.41. The third-order valence-electron chi connectivity index (χ3n) is 6.15. The highest BCUT2D eigenvalue weighted by atomic mass is 16.5. The van der Waals surface area contributed by atoms with Gasteiger partial charge in [-0.05, 0) is 50.2 Å². The molecule has 0 unspecified atom stereocenters. The van der Waals surface area contributed by atoms with Crippen LogP contribution in [0.25, 0.3) is 0 Å². The van der Waals surface area contributed by atoms with Crippen LogP contribution in [-0.2, 0) is 20.9 Å². The lowest BCUT2D eigenvalue weighted by Crippen LogP contribution is -2.44. The van der Waals surface area contributed by atoms with Crippen LogP contribution in [0.1, 0.15) is 44.1 Å². The highest BCUT2D eigenvalue weighted by Gasteiger charge is 2.30. The fourth-order valence-corrected chi connectivity index (χ4v) is 4.32. The first-order chi connectivity index (χ1) is 14.6. The number of carbonyl (C=O) groups excluding carboxylic acids is 2. The molecular weight excluding hydrogens is 384 g/mol. The maximum absolute atomic E-state index is 12.8. The Morgan fingerprint density at radius 3 is 2.70 bits per heavy atom. The SMILES string of the molecule is COc1ccc(CNC(=O)CC[C@H]2CCCN(C(=O)C3CCOCC3)C2)c(OC)c1. The van der Waals surface area contributed by atoms with Crippen LogP contribution in [0.3, 0.4) is 0 Å². The fourth-order valence-electron chi connectivity index (χ4n) is 4.32. The number of nitrogens with one attached hydrogen (secondary N) is 1. The lowest BCUT2D eigenvalue weighted by atomic mass is 9.91. The maximum atomic E-state index is 12.8. The molecule has 3 rings (SSSR count). The molecule has 2 amide bonds. The number of methoxy groups -OCH3 is 2. The van der Waals surface area contributed by atoms with E-state index in [4.69, 9.17) is 14.2 Å². The van der Waals surface area contributed by atoms with E-state index in [1.54, 1.807) is 14.2 Å². The standard InChI is InChI=1S/C23H34N2O5/c1-28-20-7-6-19(21(14-20)29-2)15-24-22(26)8-5-17-4-3-11-25(16-17)23(27)18-9-12-30-13-10-18/h6-7,14,17-18H,3-5,8-13,15-16H2,1-2H3,(H,24,26)/t17-/m1/s1. The van der Waals surface area contributed by atoms with Crippen LogP contribution in [0, 0.1) is 11.8 Å². The topological polar surface area (TPSA) is 77.1 Å². The average Bonchev–Trinajstić information content (AvgIpc) is 2.81. The number of nitrogens with zero attached hydrogens (tertiary/aromatic N) is 1. The van der Waals surface area contributed by atoms with Gasteiger partial charge in [0.25, 0.3) is 0 Å². The quantitative estimate of drug-likeness (QED) is 0.703. The summed E-state index contributed by atoms with van der Waals surface area (Å²) < 4.78 is 16.0. The summed E-state index contributed by atoms with van der Waals surface area (Å²) in [5, 5.41) is 2.98. The molecule has 1 aromatic rings. The van der Waals surface area contributed by atoms with Crippen molar-refractivity contribution >= 4 is 11.8 Å². The van der Waals surface area contributed by atoms with Crippen molar-refractivity contribution in [3.05, 3.63) is 23.8 Å². The van der Waals surface area contributed by atoms with Crippen molar-refractivity contribution in [1.29, 1.82) is 0 Å². The van der Waals surface area contributed by atoms with Crippen molar-refractivity contribution in [2.45, 2.75) is 45.1 Å². The molecule has 2 aliphatic heterocycles. The Morgan fingerprint density at radius 2 is 1.97 bits per heavy atom. The molecule has 2 fully saturated rings. The molecular formula is C23H34N2O5. The Hall–Kier alpha value is -2.28. The number of benzene rings is 1. The van der Waals surface area contributed by atoms with Crippen molar-refractivity contribution < 1.29 is 23.8 Å². The zero-order valence-electron chi connectivity index (χ0n) is 18.2. The van der Waals surface area contributed by atoms with Crippen LogP contribution in [0.15, 0.2) is 18.2 Å². The van der Waals surface area contributed by atoms with E-state index in [0.717, 1.165) is 56.5 Å². The third kappa shape index (κ3) is 6.11. The van der Waals surface area contributed by atoms with Gasteiger partial charge in [0.2, 0.25) is 11.8 Å². The highest BCUT2D eigenvalue weighted by molar-refractivity contribution is 5.79. The second-order valence-electron chi connectivity index (χ2n) is 8.17. The van der Waals surface area contributed by atoms with Crippen molar-refractivity contribution in [3.8, 4) is 11.5 Å². The normalized spacial score (nSPS) is 19.9. The summed E-state index contributed by atoms with van der Waals surface area (Å²) >= 11 is 0. The van der Waals surface area contributed by atoms with Gasteiger partial charge in [0.1, 0.15) is 11.5 Å². The second-order valence-corrected chi connectivity index (χ2v) is 8.17. The molecule has 0 radical (unpaired) electrons. The van der Waals surface area contributed by atoms with E-state index in [9.17, 15) is 9.59 Å². The van der Waals surface area contributed by atoms with Crippen LogP contribution >= 0.6 is 0 Å². The van der Waals surface area contributed by atoms with Gasteiger partial charge in [-0.2, -0.15) is 0 Å². The van der Waals surface area contributed by atoms with E-state index in [1.807, 2.05) is 23.1 Å². The fraction of sp³-hybridized carbons (Fsp3) is 0.652. The molecule has 166 valence electrons. The van der Waals surface area contributed by atoms with Gasteiger partial charge in [-0.1, -0.05) is 0 Å². The lowest BCUT2D eigenvalue weighted by Gasteiger charge is -2.36. The molecule has 0 aromatic heterocycles. The van der Waals surface area contributed by atoms with E-state index in [0.29, 0.717) is 37.8 Å². The summed E-state index contributed by atoms with van der Waals surface area (Å²) in [6.07, 6.45) is 5.04. The molecule has 7 heteroatoms. The predicted octanol–water partition coefficient (Wildman–Crippen LogP) is 2.77. The largest absolute Gasteiger partial charge is 0.497 e. The average molecular weight is 419 g/mol. The Labute approximate surface area is 179 Å². The van der Waals surface area contributed by atoms with Gasteiger partial charge >= 0.3 is 0 Å². The lowest BCUT2D eigenvalue weighted by molar-refractivity contribution is -0.140. The van der Waals surface area contributed by atoms with Gasteiger partial charge in [-0.3, -0.25) is 9.59 Å². The number of piperidine rings is 1. The van der Waals surface area contributed by atoms with Crippen LogP contribution in [0.5, 0.6) is 11.5 Å². The van der Waals surface area contributed by atoms with Gasteiger partial charge in [0, 0.05) is 56.8 Å². The van der Waals surface area contributed by atoms with Gasteiger partial charge < -0.3 is 24.4 Å². The Morgan fingerprint density at radius 1 is 1.17 bits per heavy atom. The van der Waals surface area contributed by atoms with Crippen molar-refractivity contribution in [2.75, 3.05) is 40.5 Å². The monoisotopic (exact) mass is 418 g/mol. The van der Waals surface area contributed by atoms with Crippen LogP contribution in [0.4, 0.5) is 0 Å². The molecule has 30 heavy (non-hydrogen) atoms. The molecule has 2 saturated heterocycles. The maximum Gasteiger partial charge on any atom is 0.225 e. The molecule has 0 spiro atoms. The van der Waals surface area contributed by atoms with Gasteiger partial charge in [-0.25, -0.2) is 0 Å². The van der Waals surface area contributed by atoms with E-state index in [2.05, 4.69) is 5.32 Å². The molecule has 7 nitrogen and oxygen atoms in total. The van der Waals surface area contributed by atoms with Crippen molar-refractivity contribution in [2.24, 2.45) is 11.8 Å². The molecule has 0 aliphatic carbocycles. The molecule has 1 atom stereocenters. The Bertz CT molecular complexity index is 718. The molecule has 1 aromatic carbocycles. The molecule has 2 heterocycles. The van der Waals surface area contributed by atoms with Gasteiger partial charge in [0.05, 0.1) is 14.2 Å². The van der Waals surface area contributed by atoms with Gasteiger partial charge in [0.15, 0.2) is 0 Å². The van der Waals surface area contributed by atoms with Gasteiger partial charge in [-0.15, -0.1) is 0 Å². The Kier molecular flexibility index (Phi) is 8.37. The minimum atomic E-state index is 0.0285. The number of carbonyl (C=O) groups is 2. The number of ether oxygens (including phenoxy) is 3. The zero-order chi connectivity index (χ0) is 21.3. The smallest absolute Gasteiger partial charge is 0.225 e. The summed E-state index contributed by atoms with van der Waals surface area (Å²) in [5.41, 5.74) is 0.914. The van der Waals surface area contributed by atoms with E-state index < -0.39 is 0 Å². The summed E-state index contributed by atoms with van der Waals surface area (Å²) in [7, 11) is 3.22. The van der Waals surface area contributed by atoms with E-state index in [-0.39, 0.29) is 17.7 Å². The van der Waals surface area contributed by atoms with Crippen LogP contribution in [0.2, 0.25) is 0 Å². The first kappa shape index (κ1) is 22.4. The Balaban J connectivity index is 1.42. The molecule has 0 saturated carbocycles. The van der Waals surface area contributed by atoms with Crippen LogP contribution in [-0.4, -0.2) is 57.2 Å².